The van der Waals surface area contributed by atoms with Gasteiger partial charge in [-0.25, -0.2) is 29.3 Å². The van der Waals surface area contributed by atoms with Crippen LogP contribution < -0.4 is 16.7 Å². The molecular weight excluding hydrogens is 1310 g/mol. The Morgan fingerprint density at radius 1 is 0.546 bits per heavy atom. The summed E-state index contributed by atoms with van der Waals surface area (Å²) >= 11 is 0. The third kappa shape index (κ3) is 12.7. The molecule has 6 aromatic heterocycles. The van der Waals surface area contributed by atoms with Crippen LogP contribution in [0.15, 0.2) is 111 Å². The first-order chi connectivity index (χ1) is 45.4. The number of rotatable bonds is 5. The minimum Gasteiger partial charge on any atom is -0.458 e. The van der Waals surface area contributed by atoms with E-state index in [1.165, 1.54) is 21.3 Å². The van der Waals surface area contributed by atoms with Gasteiger partial charge in [0, 0.05) is 57.7 Å². The summed E-state index contributed by atoms with van der Waals surface area (Å²) in [5.41, 5.74) is 1.92. The zero-order valence-electron chi connectivity index (χ0n) is 50.9. The number of benzene rings is 3. The Hall–Kier alpha value is -10.7. The number of hydrogen-bond acceptors (Lipinski definition) is 23. The van der Waals surface area contributed by atoms with Crippen LogP contribution in [-0.4, -0.2) is 106 Å². The molecule has 9 aromatic rings. The molecule has 0 spiro atoms. The third-order valence-electron chi connectivity index (χ3n) is 16.9. The van der Waals surface area contributed by atoms with Gasteiger partial charge in [-0.05, 0) is 67.8 Å². The van der Waals surface area contributed by atoms with Crippen molar-refractivity contribution in [3.8, 4) is 34.2 Å². The number of nitro groups is 2. The van der Waals surface area contributed by atoms with Crippen LogP contribution >= 0.6 is 9.24 Å². The minimum atomic E-state index is -4.67. The van der Waals surface area contributed by atoms with Crippen molar-refractivity contribution in [2.75, 3.05) is 6.64 Å². The lowest BCUT2D eigenvalue weighted by Crippen LogP contribution is -2.44. The standard InChI is InChI=1S/2C20H15N3O6.C20H16N2O4.CH5P.2CH4.HNO3.H2O4S/c1-2-20(26)13-7-16-17-10(8-22(16)18(24)12(13)9-29-19(20)25)6-11-14(21-17)4-3-5-15(11)23(27)28;1-2-20(26)13-7-15-17-11(8-22(15)18(24)12(13)9-29-19(20)25)6-10-4-3-5-14(23(27)28)16(10)21-17;1-2-20(25)14-8-16-17-12(7-11-5-3-4-6-15(11)21-17)9-22(16)18(23)13(14)10-26-19(20)24;1-2;;;2-1(3)4;1-5(2,3)4/h2*3-7,26H,2,8-9H2,1H3;3-8,25H,2,9-10H2,1H3;2H2,1H3;2*1H4;(H,2,3,4);(H2,1,2,3,4)/t3*20-;;;;;/m000...../s1/i;;;1T;;;;. The molecule has 6 aliphatic heterocycles. The van der Waals surface area contributed by atoms with Crippen LogP contribution in [0.25, 0.3) is 66.9 Å². The number of aromatic nitrogens is 6. The number of pyridine rings is 6. The number of non-ortho nitro benzene ring substituents is 2. The van der Waals surface area contributed by atoms with Crippen molar-refractivity contribution in [1.82, 2.24) is 28.7 Å². The molecule has 0 bridgehead atoms. The lowest BCUT2D eigenvalue weighted by Gasteiger charge is -2.31. The molecule has 6 N–H and O–H groups in total. The van der Waals surface area contributed by atoms with E-state index in [0.717, 1.165) is 27.7 Å². The molecule has 1 unspecified atom stereocenters. The highest BCUT2D eigenvalue weighted by Gasteiger charge is 2.48. The van der Waals surface area contributed by atoms with Gasteiger partial charge in [-0.15, -0.1) is 19.4 Å². The second-order valence-corrected chi connectivity index (χ2v) is 22.8. The number of carbonyl (C=O) groups excluding carboxylic acids is 3. The fraction of sp³-hybridized carbons (Fsp3) is 0.286. The number of hydrogen-bond donors (Lipinski definition) is 6. The van der Waals surface area contributed by atoms with Gasteiger partial charge in [-0.1, -0.05) is 78.7 Å². The Morgan fingerprint density at radius 3 is 1.28 bits per heavy atom. The number of nitro benzene ring substituents is 2. The van der Waals surface area contributed by atoms with Crippen LogP contribution in [0.4, 0.5) is 11.4 Å². The Labute approximate surface area is 551 Å². The van der Waals surface area contributed by atoms with Crippen LogP contribution in [-0.2, 0) is 95.3 Å². The molecule has 0 amide bonds. The second kappa shape index (κ2) is 27.2. The van der Waals surface area contributed by atoms with Crippen molar-refractivity contribution in [1.29, 1.82) is 0 Å². The maximum atomic E-state index is 13.1. The van der Waals surface area contributed by atoms with Crippen LogP contribution in [0.5, 0.6) is 0 Å². The molecule has 0 radical (unpaired) electrons. The number of esters is 3. The lowest BCUT2D eigenvalue weighted by molar-refractivity contribution is -0.742. The van der Waals surface area contributed by atoms with E-state index in [1.54, 1.807) is 79.9 Å². The largest absolute Gasteiger partial charge is 0.458 e. The third-order valence-corrected chi connectivity index (χ3v) is 16.9. The van der Waals surface area contributed by atoms with Gasteiger partial charge in [0.25, 0.3) is 33.1 Å². The van der Waals surface area contributed by atoms with E-state index in [1.807, 2.05) is 30.3 Å². The van der Waals surface area contributed by atoms with Gasteiger partial charge in [-0.3, -0.25) is 43.7 Å². The smallest absolute Gasteiger partial charge is 0.394 e. The fourth-order valence-electron chi connectivity index (χ4n) is 12.2. The lowest BCUT2D eigenvalue weighted by atomic mass is 9.86. The van der Waals surface area contributed by atoms with E-state index in [2.05, 4.69) is 19.2 Å². The molecule has 0 saturated heterocycles. The van der Waals surface area contributed by atoms with Gasteiger partial charge in [0.15, 0.2) is 16.8 Å². The van der Waals surface area contributed by atoms with Crippen molar-refractivity contribution >= 4 is 81.6 Å². The number of fused-ring (bicyclic) bond motifs is 15. The summed E-state index contributed by atoms with van der Waals surface area (Å²) in [5, 5.41) is 70.9. The van der Waals surface area contributed by atoms with Gasteiger partial charge in [0.2, 0.25) is 0 Å². The topological polar surface area (TPSA) is 469 Å². The molecule has 15 rings (SSSR count). The quantitative estimate of drug-likeness (QED) is 0.0257. The number of carbonyl (C=O) groups is 3. The predicted octanol–water partition coefficient (Wildman–Crippen LogP) is 6.82. The predicted molar refractivity (Wildman–Crippen MR) is 349 cm³/mol. The van der Waals surface area contributed by atoms with Crippen molar-refractivity contribution < 1.29 is 82.9 Å². The molecule has 0 saturated carbocycles. The molecule has 97 heavy (non-hydrogen) atoms. The van der Waals surface area contributed by atoms with E-state index >= 15 is 0 Å². The summed E-state index contributed by atoms with van der Waals surface area (Å²) in [5.74, 6) is -2.28. The van der Waals surface area contributed by atoms with Gasteiger partial charge in [0.05, 0.1) is 96.8 Å². The molecule has 0 fully saturated rings. The van der Waals surface area contributed by atoms with Crippen molar-refractivity contribution in [3.05, 3.63) is 209 Å². The molecule has 3 aromatic carbocycles. The Morgan fingerprint density at radius 2 is 0.876 bits per heavy atom. The van der Waals surface area contributed by atoms with Gasteiger partial charge < -0.3 is 48.4 Å². The van der Waals surface area contributed by atoms with E-state index in [9.17, 15) is 64.3 Å². The highest BCUT2D eigenvalue weighted by Crippen LogP contribution is 2.43. The summed E-state index contributed by atoms with van der Waals surface area (Å²) in [6, 6.07) is 27.5. The molecule has 0 aliphatic carbocycles. The monoisotopic (exact) mass is 1380 g/mol. The molecular formula is C63H62N9O23PS. The first-order valence-electron chi connectivity index (χ1n) is 29.1. The molecule has 4 atom stereocenters. The molecule has 12 heterocycles. The number of cyclic esters (lactones) is 3. The van der Waals surface area contributed by atoms with Crippen molar-refractivity contribution in [2.45, 2.75) is 111 Å². The van der Waals surface area contributed by atoms with Gasteiger partial charge >= 0.3 is 28.3 Å². The summed E-state index contributed by atoms with van der Waals surface area (Å²) < 4.78 is 57.5. The zero-order chi connectivity index (χ0) is 69.8. The van der Waals surface area contributed by atoms with Crippen LogP contribution in [0.2, 0.25) is 0 Å². The van der Waals surface area contributed by atoms with E-state index in [4.69, 9.17) is 53.4 Å². The van der Waals surface area contributed by atoms with Crippen LogP contribution in [0, 0.1) is 30.3 Å². The van der Waals surface area contributed by atoms with E-state index in [0.29, 0.717) is 74.6 Å². The minimum absolute atomic E-state index is 0. The maximum Gasteiger partial charge on any atom is 0.394 e. The summed E-state index contributed by atoms with van der Waals surface area (Å²) in [4.78, 5) is 120. The molecule has 32 nitrogen and oxygen atoms in total. The van der Waals surface area contributed by atoms with Crippen molar-refractivity contribution in [3.63, 3.8) is 0 Å². The number of aliphatic hydroxyl groups is 3. The first-order valence-corrected chi connectivity index (χ1v) is 30.7. The summed E-state index contributed by atoms with van der Waals surface area (Å²) in [6.45, 7) is 5.74. The zero-order valence-corrected chi connectivity index (χ0v) is 51.9. The van der Waals surface area contributed by atoms with Gasteiger partial charge in [-0.2, -0.15) is 8.42 Å². The van der Waals surface area contributed by atoms with E-state index in [-0.39, 0.29) is 123 Å². The van der Waals surface area contributed by atoms with Crippen molar-refractivity contribution in [2.24, 2.45) is 0 Å². The highest BCUT2D eigenvalue weighted by atomic mass is 32.3. The first kappa shape index (κ1) is 70.6. The Balaban J connectivity index is 0.000000171. The molecule has 6 aliphatic rings. The van der Waals surface area contributed by atoms with Crippen LogP contribution in [0.1, 0.15) is 106 Å². The molecule has 508 valence electrons. The molecule has 34 heteroatoms. The summed E-state index contributed by atoms with van der Waals surface area (Å²) in [6.07, 6.45) is 0.247. The number of nitrogens with zero attached hydrogens (tertiary/aromatic N) is 9. The average Bonchev–Trinajstić information content (AvgIpc) is 1.47. The summed E-state index contributed by atoms with van der Waals surface area (Å²) in [7, 11) is -2.42. The SMILES string of the molecule is C.C.CC[C@@]1(O)C(=O)OCc2c1cc1n(c2=O)Cc2cc3c([N+](=O)[O-])cccc3nc2-1.CC[C@@]1(O)C(=O)OCc2c1cc1n(c2=O)Cc2cc3cccc([N+](=O)[O-])c3nc2-1.CC[C@@]1(O)C(=O)OCc2c1cc1n(c2=O)Cc2cc3ccccc3nc2-1.O=S(=O)(O)O.O=[N+]([O-])O.[3H]CP. The normalized spacial score (nSPS) is 18.2. The van der Waals surface area contributed by atoms with Crippen LogP contribution in [0.3, 0.4) is 0 Å². The number of para-hydroxylation sites is 2. The second-order valence-electron chi connectivity index (χ2n) is 21.9. The van der Waals surface area contributed by atoms with E-state index < -0.39 is 60.0 Å². The Kier molecular flexibility index (Phi) is 19.8. The fourth-order valence-corrected chi connectivity index (χ4v) is 12.2. The average molecular weight is 1380 g/mol. The number of ether oxygens (including phenoxy) is 3. The maximum absolute atomic E-state index is 13.1. The van der Waals surface area contributed by atoms with Gasteiger partial charge in [0.1, 0.15) is 25.3 Å². The Bertz CT molecular complexity index is 5150. The highest BCUT2D eigenvalue weighted by molar-refractivity contribution is 7.79.